The molecule has 7 nitrogen and oxygen atoms in total. The monoisotopic (exact) mass is 334 g/mol. The molecule has 1 fully saturated rings. The molecule has 1 amide bonds. The highest BCUT2D eigenvalue weighted by Crippen LogP contribution is 2.39. The molecule has 0 unspecified atom stereocenters. The zero-order chi connectivity index (χ0) is 17.1. The Hall–Kier alpha value is -2.12. The van der Waals surface area contributed by atoms with E-state index in [1.165, 1.54) is 0 Å². The maximum atomic E-state index is 11.5. The Bertz CT molecular complexity index is 633. The fourth-order valence-corrected chi connectivity index (χ4v) is 3.11. The number of fused-ring (bicyclic) bond motifs is 4. The van der Waals surface area contributed by atoms with Crippen LogP contribution in [0, 0.1) is 0 Å². The van der Waals surface area contributed by atoms with Crippen LogP contribution in [-0.2, 0) is 25.5 Å². The van der Waals surface area contributed by atoms with E-state index in [-0.39, 0.29) is 18.8 Å². The third-order valence-electron chi connectivity index (χ3n) is 4.36. The van der Waals surface area contributed by atoms with Gasteiger partial charge < -0.3 is 25.2 Å². The lowest BCUT2D eigenvalue weighted by Crippen LogP contribution is -2.46. The number of anilines is 1. The number of aliphatic hydroxyl groups is 1. The van der Waals surface area contributed by atoms with Crippen LogP contribution in [0.1, 0.15) is 30.6 Å². The summed E-state index contributed by atoms with van der Waals surface area (Å²) in [5.74, 6) is -1.57. The molecule has 1 aromatic carbocycles. The highest BCUT2D eigenvalue weighted by atomic mass is 16.5. The standard InChI is InChI=1S/C17H22N2O5/c1-2-23-17(22)16(21)18-6-5-10-3-4-12-11(7-10)15-8-13(19-12)14(20)9-24-15/h3-4,7,13-15,19-20H,2,5-6,8-9H2,1H3,(H,18,21)/t13-,14-,15-/m1/s1. The number of carbonyl (C=O) groups excluding carboxylic acids is 2. The van der Waals surface area contributed by atoms with Gasteiger partial charge in [-0.05, 0) is 25.0 Å². The van der Waals surface area contributed by atoms with Gasteiger partial charge in [-0.1, -0.05) is 12.1 Å². The molecule has 3 atom stereocenters. The molecule has 2 bridgehead atoms. The number of rotatable bonds is 4. The van der Waals surface area contributed by atoms with Crippen LogP contribution in [-0.4, -0.2) is 48.9 Å². The Labute approximate surface area is 140 Å². The first-order valence-electron chi connectivity index (χ1n) is 8.22. The number of benzene rings is 1. The van der Waals surface area contributed by atoms with Gasteiger partial charge in [-0.3, -0.25) is 4.79 Å². The fourth-order valence-electron chi connectivity index (χ4n) is 3.11. The minimum Gasteiger partial charge on any atom is -0.459 e. The van der Waals surface area contributed by atoms with Crippen molar-refractivity contribution in [1.29, 1.82) is 0 Å². The second kappa shape index (κ2) is 7.19. The number of ether oxygens (including phenoxy) is 2. The summed E-state index contributed by atoms with van der Waals surface area (Å²) < 4.78 is 10.4. The molecule has 24 heavy (non-hydrogen) atoms. The second-order valence-electron chi connectivity index (χ2n) is 6.02. The average Bonchev–Trinajstić information content (AvgIpc) is 2.58. The van der Waals surface area contributed by atoms with Crippen molar-refractivity contribution in [2.45, 2.75) is 38.0 Å². The first kappa shape index (κ1) is 16.7. The van der Waals surface area contributed by atoms with Crippen molar-refractivity contribution in [3.63, 3.8) is 0 Å². The Balaban J connectivity index is 1.59. The highest BCUT2D eigenvalue weighted by molar-refractivity contribution is 6.32. The molecule has 0 radical (unpaired) electrons. The van der Waals surface area contributed by atoms with Crippen LogP contribution in [0.3, 0.4) is 0 Å². The van der Waals surface area contributed by atoms with E-state index in [1.807, 2.05) is 12.1 Å². The number of nitrogens with one attached hydrogen (secondary N) is 2. The van der Waals surface area contributed by atoms with Gasteiger partial charge in [0, 0.05) is 24.2 Å². The third kappa shape index (κ3) is 3.52. The lowest BCUT2D eigenvalue weighted by molar-refractivity contribution is -0.154. The molecule has 2 heterocycles. The summed E-state index contributed by atoms with van der Waals surface area (Å²) >= 11 is 0. The van der Waals surface area contributed by atoms with Gasteiger partial charge in [-0.2, -0.15) is 0 Å². The van der Waals surface area contributed by atoms with Crippen molar-refractivity contribution in [3.8, 4) is 0 Å². The number of carbonyl (C=O) groups is 2. The van der Waals surface area contributed by atoms with Gasteiger partial charge in [0.15, 0.2) is 0 Å². The van der Waals surface area contributed by atoms with Crippen molar-refractivity contribution in [1.82, 2.24) is 5.32 Å². The zero-order valence-corrected chi connectivity index (χ0v) is 13.6. The first-order valence-corrected chi connectivity index (χ1v) is 8.22. The van der Waals surface area contributed by atoms with Crippen LogP contribution in [0.2, 0.25) is 0 Å². The van der Waals surface area contributed by atoms with E-state index in [0.717, 1.165) is 23.2 Å². The van der Waals surface area contributed by atoms with E-state index in [0.29, 0.717) is 19.6 Å². The Kier molecular flexibility index (Phi) is 5.01. The quantitative estimate of drug-likeness (QED) is 0.549. The van der Waals surface area contributed by atoms with E-state index in [2.05, 4.69) is 21.4 Å². The van der Waals surface area contributed by atoms with Gasteiger partial charge in [0.25, 0.3) is 0 Å². The van der Waals surface area contributed by atoms with Gasteiger partial charge in [0.05, 0.1) is 31.5 Å². The van der Waals surface area contributed by atoms with Gasteiger partial charge >= 0.3 is 11.9 Å². The van der Waals surface area contributed by atoms with E-state index in [9.17, 15) is 14.7 Å². The molecule has 1 aromatic rings. The van der Waals surface area contributed by atoms with Crippen molar-refractivity contribution in [2.24, 2.45) is 0 Å². The van der Waals surface area contributed by atoms with Crippen molar-refractivity contribution in [3.05, 3.63) is 29.3 Å². The molecular weight excluding hydrogens is 312 g/mol. The summed E-state index contributed by atoms with van der Waals surface area (Å²) in [4.78, 5) is 22.7. The molecule has 0 saturated carbocycles. The summed E-state index contributed by atoms with van der Waals surface area (Å²) in [5.41, 5.74) is 3.11. The van der Waals surface area contributed by atoms with Gasteiger partial charge in [0.1, 0.15) is 0 Å². The summed E-state index contributed by atoms with van der Waals surface area (Å²) in [6.45, 7) is 2.53. The van der Waals surface area contributed by atoms with Crippen LogP contribution < -0.4 is 10.6 Å². The topological polar surface area (TPSA) is 96.9 Å². The predicted molar refractivity (Wildman–Crippen MR) is 86.5 cm³/mol. The molecule has 2 aliphatic heterocycles. The lowest BCUT2D eigenvalue weighted by Gasteiger charge is -2.40. The van der Waals surface area contributed by atoms with E-state index in [4.69, 9.17) is 4.74 Å². The Morgan fingerprint density at radius 2 is 2.29 bits per heavy atom. The summed E-state index contributed by atoms with van der Waals surface area (Å²) in [6.07, 6.45) is 0.866. The number of hydrogen-bond donors (Lipinski definition) is 3. The molecule has 0 aliphatic carbocycles. The Morgan fingerprint density at radius 3 is 3.08 bits per heavy atom. The van der Waals surface area contributed by atoms with Crippen molar-refractivity contribution < 1.29 is 24.2 Å². The van der Waals surface area contributed by atoms with Gasteiger partial charge in [-0.15, -0.1) is 0 Å². The van der Waals surface area contributed by atoms with E-state index in [1.54, 1.807) is 6.92 Å². The number of aliphatic hydroxyl groups excluding tert-OH is 1. The molecule has 3 N–H and O–H groups in total. The SMILES string of the molecule is CCOC(=O)C(=O)NCCc1ccc2c(c1)[C@H]1C[C@@H](N2)[C@H](O)CO1. The molecule has 0 aromatic heterocycles. The zero-order valence-electron chi connectivity index (χ0n) is 13.6. The smallest absolute Gasteiger partial charge is 0.396 e. The molecule has 2 aliphatic rings. The average molecular weight is 334 g/mol. The Morgan fingerprint density at radius 1 is 1.46 bits per heavy atom. The lowest BCUT2D eigenvalue weighted by atomic mass is 9.89. The van der Waals surface area contributed by atoms with E-state index < -0.39 is 18.0 Å². The highest BCUT2D eigenvalue weighted by Gasteiger charge is 2.36. The third-order valence-corrected chi connectivity index (χ3v) is 4.36. The molecule has 3 rings (SSSR count). The summed E-state index contributed by atoms with van der Waals surface area (Å²) in [5, 5.41) is 15.8. The van der Waals surface area contributed by atoms with Crippen LogP contribution in [0.4, 0.5) is 5.69 Å². The number of amides is 1. The second-order valence-corrected chi connectivity index (χ2v) is 6.02. The number of hydrogen-bond acceptors (Lipinski definition) is 6. The molecular formula is C17H22N2O5. The fraction of sp³-hybridized carbons (Fsp3) is 0.529. The van der Waals surface area contributed by atoms with Crippen molar-refractivity contribution in [2.75, 3.05) is 25.1 Å². The molecule has 7 heteroatoms. The first-order chi connectivity index (χ1) is 11.6. The van der Waals surface area contributed by atoms with E-state index >= 15 is 0 Å². The normalized spacial score (nSPS) is 24.5. The van der Waals surface area contributed by atoms with Gasteiger partial charge in [-0.25, -0.2) is 4.79 Å². The maximum absolute atomic E-state index is 11.5. The molecule has 130 valence electrons. The minimum absolute atomic E-state index is 0.0104. The number of esters is 1. The van der Waals surface area contributed by atoms with Crippen LogP contribution in [0.25, 0.3) is 0 Å². The van der Waals surface area contributed by atoms with Crippen LogP contribution in [0.15, 0.2) is 18.2 Å². The van der Waals surface area contributed by atoms with Crippen LogP contribution >= 0.6 is 0 Å². The molecule has 1 saturated heterocycles. The summed E-state index contributed by atoms with van der Waals surface area (Å²) in [7, 11) is 0. The molecule has 0 spiro atoms. The van der Waals surface area contributed by atoms with Crippen LogP contribution in [0.5, 0.6) is 0 Å². The summed E-state index contributed by atoms with van der Waals surface area (Å²) in [6, 6.07) is 6.02. The minimum atomic E-state index is -0.854. The van der Waals surface area contributed by atoms with Crippen molar-refractivity contribution >= 4 is 17.6 Å². The predicted octanol–water partition coefficient (Wildman–Crippen LogP) is 0.525. The largest absolute Gasteiger partial charge is 0.459 e. The maximum Gasteiger partial charge on any atom is 0.396 e. The van der Waals surface area contributed by atoms with Gasteiger partial charge in [0.2, 0.25) is 0 Å².